The van der Waals surface area contributed by atoms with Gasteiger partial charge in [0.1, 0.15) is 28.9 Å². The quantitative estimate of drug-likeness (QED) is 0.235. The Morgan fingerprint density at radius 1 is 1.00 bits per heavy atom. The average Bonchev–Trinajstić information content (AvgIpc) is 2.97. The predicted octanol–water partition coefficient (Wildman–Crippen LogP) is -0.580. The molecule has 0 unspecified atom stereocenters. The summed E-state index contributed by atoms with van der Waals surface area (Å²) in [4.78, 5) is 12.5. The molecule has 0 saturated carbocycles. The van der Waals surface area contributed by atoms with E-state index >= 15 is 0 Å². The number of benzene rings is 2. The van der Waals surface area contributed by atoms with Gasteiger partial charge in [-0.1, -0.05) is 0 Å². The first-order valence-electron chi connectivity index (χ1n) is 9.14. The van der Waals surface area contributed by atoms with Gasteiger partial charge in [-0.3, -0.25) is 4.79 Å². The molecule has 2 aromatic carbocycles. The first-order valence-corrected chi connectivity index (χ1v) is 9.14. The molecule has 1 fully saturated rings. The molecule has 0 amide bonds. The van der Waals surface area contributed by atoms with Crippen LogP contribution in [0.4, 0.5) is 0 Å². The molecule has 8 N–H and O–H groups in total. The van der Waals surface area contributed by atoms with E-state index in [0.29, 0.717) is 0 Å². The average molecular weight is 450 g/mol. The van der Waals surface area contributed by atoms with Crippen LogP contribution in [-0.2, 0) is 4.74 Å². The Bertz CT molecular complexity index is 1250. The second-order valence-electron chi connectivity index (χ2n) is 7.17. The molecular formula is C20H18O12. The van der Waals surface area contributed by atoms with Gasteiger partial charge >= 0.3 is 0 Å². The van der Waals surface area contributed by atoms with Crippen molar-refractivity contribution in [1.82, 2.24) is 0 Å². The molecule has 0 bridgehead atoms. The number of ether oxygens (including phenoxy) is 2. The summed E-state index contributed by atoms with van der Waals surface area (Å²) in [5, 5.41) is 78.2. The summed E-state index contributed by atoms with van der Waals surface area (Å²) < 4.78 is 15.8. The fourth-order valence-corrected chi connectivity index (χ4v) is 3.28. The summed E-state index contributed by atoms with van der Waals surface area (Å²) in [6.45, 7) is -1.07. The molecule has 1 aliphatic rings. The highest BCUT2D eigenvalue weighted by Gasteiger charge is 2.54. The number of aliphatic hydroxyl groups excluding tert-OH is 3. The van der Waals surface area contributed by atoms with E-state index in [1.807, 2.05) is 0 Å². The smallest absolute Gasteiger partial charge is 0.231 e. The van der Waals surface area contributed by atoms with Gasteiger partial charge in [0.25, 0.3) is 0 Å². The number of fused-ring (bicyclic) bond motifs is 1. The maximum absolute atomic E-state index is 12.5. The molecule has 1 aromatic heterocycles. The highest BCUT2D eigenvalue weighted by Crippen LogP contribution is 2.43. The lowest BCUT2D eigenvalue weighted by Crippen LogP contribution is -2.46. The Morgan fingerprint density at radius 2 is 1.72 bits per heavy atom. The first kappa shape index (κ1) is 21.7. The van der Waals surface area contributed by atoms with Crippen LogP contribution in [0.15, 0.2) is 39.5 Å². The van der Waals surface area contributed by atoms with E-state index in [1.165, 1.54) is 12.1 Å². The zero-order valence-corrected chi connectivity index (χ0v) is 16.0. The minimum Gasteiger partial charge on any atom is -0.504 e. The Hall–Kier alpha value is -3.55. The largest absolute Gasteiger partial charge is 0.504 e. The zero-order chi connectivity index (χ0) is 23.4. The fourth-order valence-electron chi connectivity index (χ4n) is 3.28. The van der Waals surface area contributed by atoms with Crippen LogP contribution in [-0.4, -0.2) is 71.7 Å². The third-order valence-electron chi connectivity index (χ3n) is 5.05. The molecule has 3 aromatic rings. The summed E-state index contributed by atoms with van der Waals surface area (Å²) in [6, 6.07) is 5.65. The molecule has 2 heterocycles. The van der Waals surface area contributed by atoms with Crippen LogP contribution in [0.2, 0.25) is 0 Å². The van der Waals surface area contributed by atoms with Crippen LogP contribution in [0.1, 0.15) is 0 Å². The van der Waals surface area contributed by atoms with Crippen molar-refractivity contribution in [1.29, 1.82) is 0 Å². The van der Waals surface area contributed by atoms with Crippen LogP contribution in [0.25, 0.3) is 22.3 Å². The highest BCUT2D eigenvalue weighted by atomic mass is 16.8. The summed E-state index contributed by atoms with van der Waals surface area (Å²) in [7, 11) is 0. The molecule has 1 aliphatic heterocycles. The third-order valence-corrected chi connectivity index (χ3v) is 5.05. The molecule has 12 heteroatoms. The number of rotatable bonds is 4. The number of phenolic OH excluding ortho intramolecular Hbond substituents is 4. The van der Waals surface area contributed by atoms with Crippen LogP contribution < -0.4 is 10.2 Å². The van der Waals surface area contributed by atoms with Crippen molar-refractivity contribution in [2.24, 2.45) is 0 Å². The molecule has 170 valence electrons. The normalized spacial score (nSPS) is 25.3. The summed E-state index contributed by atoms with van der Waals surface area (Å²) in [6.07, 6.45) is -5.56. The molecule has 32 heavy (non-hydrogen) atoms. The van der Waals surface area contributed by atoms with Gasteiger partial charge in [0, 0.05) is 17.7 Å². The van der Waals surface area contributed by atoms with Gasteiger partial charge in [0.15, 0.2) is 28.4 Å². The van der Waals surface area contributed by atoms with E-state index in [4.69, 9.17) is 19.0 Å². The Balaban J connectivity index is 1.79. The van der Waals surface area contributed by atoms with Gasteiger partial charge < -0.3 is 54.7 Å². The number of aliphatic hydroxyl groups is 4. The highest BCUT2D eigenvalue weighted by molar-refractivity contribution is 5.89. The summed E-state index contributed by atoms with van der Waals surface area (Å²) >= 11 is 0. The number of hydrogen-bond donors (Lipinski definition) is 8. The molecule has 4 rings (SSSR count). The van der Waals surface area contributed by atoms with Crippen molar-refractivity contribution in [3.8, 4) is 40.1 Å². The maximum atomic E-state index is 12.5. The summed E-state index contributed by atoms with van der Waals surface area (Å²) in [5.74, 6) is -5.81. The molecule has 0 radical (unpaired) electrons. The minimum absolute atomic E-state index is 0.0592. The van der Waals surface area contributed by atoms with E-state index in [2.05, 4.69) is 0 Å². The van der Waals surface area contributed by atoms with Crippen molar-refractivity contribution in [2.45, 2.75) is 24.3 Å². The van der Waals surface area contributed by atoms with Crippen molar-refractivity contribution in [3.05, 3.63) is 40.6 Å². The van der Waals surface area contributed by atoms with E-state index < -0.39 is 70.5 Å². The molecule has 4 atom stereocenters. The minimum atomic E-state index is -2.53. The van der Waals surface area contributed by atoms with Crippen LogP contribution in [0, 0.1) is 0 Å². The topological polar surface area (TPSA) is 211 Å². The third kappa shape index (κ3) is 3.36. The van der Waals surface area contributed by atoms with Crippen molar-refractivity contribution in [2.75, 3.05) is 6.61 Å². The van der Waals surface area contributed by atoms with E-state index in [1.54, 1.807) is 0 Å². The lowest BCUT2D eigenvalue weighted by atomic mass is 10.1. The van der Waals surface area contributed by atoms with Gasteiger partial charge in [0.05, 0.1) is 6.61 Å². The molecular weight excluding hydrogens is 432 g/mol. The van der Waals surface area contributed by atoms with Crippen LogP contribution in [0.3, 0.4) is 0 Å². The monoisotopic (exact) mass is 450 g/mol. The van der Waals surface area contributed by atoms with Gasteiger partial charge in [0.2, 0.25) is 17.8 Å². The Morgan fingerprint density at radius 3 is 2.34 bits per heavy atom. The standard InChI is InChI=1S/C20H18O12/c21-6-20(29)18(28)17(27)19(32-20)31-13-5-12-14(16(26)15(13)25)10(24)4-11(30-12)7-1-2-8(22)9(23)3-7/h1-5,17-19,21-23,25-29H,6H2/t17-,18+,19+,20-/m1/s1. The first-order chi connectivity index (χ1) is 15.1. The molecule has 0 aliphatic carbocycles. The molecule has 12 nitrogen and oxygen atoms in total. The van der Waals surface area contributed by atoms with Crippen LogP contribution in [0.5, 0.6) is 28.7 Å². The lowest BCUT2D eigenvalue weighted by Gasteiger charge is -2.22. The van der Waals surface area contributed by atoms with Gasteiger partial charge in [-0.05, 0) is 18.2 Å². The predicted molar refractivity (Wildman–Crippen MR) is 104 cm³/mol. The fraction of sp³-hybridized carbons (Fsp3) is 0.250. The SMILES string of the molecule is O=c1cc(-c2ccc(O)c(O)c2)oc2cc(O[C@H]3O[C@](O)(CO)[C@@H](O)[C@H]3O)c(O)c(O)c12. The zero-order valence-electron chi connectivity index (χ0n) is 16.0. The molecule has 0 spiro atoms. The number of aromatic hydroxyl groups is 4. The van der Waals surface area contributed by atoms with Crippen molar-refractivity contribution < 1.29 is 54.7 Å². The number of hydrogen-bond acceptors (Lipinski definition) is 12. The Kier molecular flexibility index (Phi) is 5.11. The summed E-state index contributed by atoms with van der Waals surface area (Å²) in [5.41, 5.74) is -0.814. The van der Waals surface area contributed by atoms with E-state index in [9.17, 15) is 40.5 Å². The second-order valence-corrected chi connectivity index (χ2v) is 7.17. The van der Waals surface area contributed by atoms with Gasteiger partial charge in [-0.25, -0.2) is 0 Å². The van der Waals surface area contributed by atoms with Crippen molar-refractivity contribution >= 4 is 11.0 Å². The molecule has 1 saturated heterocycles. The Labute approximate surface area is 178 Å². The van der Waals surface area contributed by atoms with Crippen molar-refractivity contribution in [3.63, 3.8) is 0 Å². The van der Waals surface area contributed by atoms with E-state index in [0.717, 1.165) is 18.2 Å². The second kappa shape index (κ2) is 7.55. The van der Waals surface area contributed by atoms with Gasteiger partial charge in [-0.2, -0.15) is 0 Å². The number of phenols is 4. The lowest BCUT2D eigenvalue weighted by molar-refractivity contribution is -0.267. The van der Waals surface area contributed by atoms with E-state index in [-0.39, 0.29) is 16.9 Å². The maximum Gasteiger partial charge on any atom is 0.231 e. The van der Waals surface area contributed by atoms with Crippen LogP contribution >= 0.6 is 0 Å². The van der Waals surface area contributed by atoms with Gasteiger partial charge in [-0.15, -0.1) is 0 Å².